The predicted octanol–water partition coefficient (Wildman–Crippen LogP) is 3.08. The monoisotopic (exact) mass is 355 g/mol. The van der Waals surface area contributed by atoms with Gasteiger partial charge in [-0.1, -0.05) is 36.7 Å². The molecule has 124 valence electrons. The van der Waals surface area contributed by atoms with Gasteiger partial charge in [-0.15, -0.1) is 5.10 Å². The van der Waals surface area contributed by atoms with Gasteiger partial charge in [0.05, 0.1) is 30.7 Å². The van der Waals surface area contributed by atoms with E-state index in [-0.39, 0.29) is 5.91 Å². The van der Waals surface area contributed by atoms with Crippen molar-refractivity contribution in [1.82, 2.24) is 5.32 Å². The molecule has 0 aromatic heterocycles. The van der Waals surface area contributed by atoms with Gasteiger partial charge in [0.1, 0.15) is 0 Å². The molecule has 0 saturated carbocycles. The molecular formula is C15H18ClN3O3S. The number of unbranched alkanes of at least 4 members (excludes halogenated alkanes) is 1. The number of rotatable bonds is 7. The van der Waals surface area contributed by atoms with Crippen LogP contribution < -0.4 is 14.8 Å². The molecule has 6 nitrogen and oxygen atoms in total. The Morgan fingerprint density at radius 3 is 2.96 bits per heavy atom. The summed E-state index contributed by atoms with van der Waals surface area (Å²) in [6, 6.07) is 3.51. The molecule has 0 aliphatic carbocycles. The fraction of sp³-hybridized carbons (Fsp3) is 0.400. The largest absolute Gasteiger partial charge is 0.493 e. The molecule has 1 aliphatic heterocycles. The highest BCUT2D eigenvalue weighted by Crippen LogP contribution is 2.36. The average Bonchev–Trinajstić information content (AvgIpc) is 2.94. The van der Waals surface area contributed by atoms with E-state index in [4.69, 9.17) is 21.1 Å². The summed E-state index contributed by atoms with van der Waals surface area (Å²) in [7, 11) is 1.56. The first-order valence-electron chi connectivity index (χ1n) is 7.18. The van der Waals surface area contributed by atoms with Gasteiger partial charge in [-0.25, -0.2) is 0 Å². The van der Waals surface area contributed by atoms with E-state index < -0.39 is 0 Å². The van der Waals surface area contributed by atoms with Crippen LogP contribution in [-0.4, -0.2) is 36.8 Å². The Hall–Kier alpha value is -1.73. The summed E-state index contributed by atoms with van der Waals surface area (Å²) in [6.45, 7) is 2.68. The third-order valence-electron chi connectivity index (χ3n) is 2.94. The summed E-state index contributed by atoms with van der Waals surface area (Å²) in [6.07, 6.45) is 3.53. The minimum absolute atomic E-state index is 0.0674. The number of ether oxygens (including phenoxy) is 2. The Balaban J connectivity index is 2.10. The number of nitrogens with zero attached hydrogens (tertiary/aromatic N) is 2. The molecule has 0 spiro atoms. The van der Waals surface area contributed by atoms with Crippen LogP contribution in [0.4, 0.5) is 0 Å². The Bertz CT molecular complexity index is 635. The van der Waals surface area contributed by atoms with Crippen LogP contribution in [0, 0.1) is 0 Å². The standard InChI is InChI=1S/C15H18ClN3O3S/c1-3-4-5-22-14-11(16)6-10(7-12(14)21-2)8-17-19-15-18-13(20)9-23-15/h6-8H,3-5,9H2,1-2H3,(H,18,19,20). The number of carbonyl (C=O) groups excluding carboxylic acids is 1. The van der Waals surface area contributed by atoms with Crippen LogP contribution in [0.15, 0.2) is 22.3 Å². The quantitative estimate of drug-likeness (QED) is 0.463. The van der Waals surface area contributed by atoms with E-state index in [1.165, 1.54) is 11.8 Å². The first-order valence-corrected chi connectivity index (χ1v) is 8.54. The number of amides is 1. The fourth-order valence-electron chi connectivity index (χ4n) is 1.80. The van der Waals surface area contributed by atoms with Crippen LogP contribution in [0.1, 0.15) is 25.3 Å². The molecule has 1 aliphatic rings. The summed E-state index contributed by atoms with van der Waals surface area (Å²) < 4.78 is 11.0. The van der Waals surface area contributed by atoms with Crippen molar-refractivity contribution in [1.29, 1.82) is 0 Å². The summed E-state index contributed by atoms with van der Waals surface area (Å²) >= 11 is 7.57. The van der Waals surface area contributed by atoms with Crippen molar-refractivity contribution >= 4 is 40.7 Å². The van der Waals surface area contributed by atoms with Gasteiger partial charge in [-0.2, -0.15) is 5.10 Å². The highest BCUT2D eigenvalue weighted by atomic mass is 35.5. The van der Waals surface area contributed by atoms with Gasteiger partial charge in [-0.3, -0.25) is 4.79 Å². The summed E-state index contributed by atoms with van der Waals surface area (Å²) in [5.41, 5.74) is 0.730. The minimum Gasteiger partial charge on any atom is -0.493 e. The molecular weight excluding hydrogens is 338 g/mol. The maximum Gasteiger partial charge on any atom is 0.236 e. The molecule has 0 bridgehead atoms. The first kappa shape index (κ1) is 17.6. The zero-order chi connectivity index (χ0) is 16.7. The number of hydrogen-bond donors (Lipinski definition) is 1. The Morgan fingerprint density at radius 2 is 2.30 bits per heavy atom. The zero-order valence-corrected chi connectivity index (χ0v) is 14.5. The Labute approximate surface area is 144 Å². The van der Waals surface area contributed by atoms with E-state index in [0.29, 0.717) is 34.0 Å². The van der Waals surface area contributed by atoms with Crippen molar-refractivity contribution in [3.8, 4) is 11.5 Å². The lowest BCUT2D eigenvalue weighted by molar-refractivity contribution is -0.116. The topological polar surface area (TPSA) is 72.3 Å². The molecule has 1 aromatic carbocycles. The third-order valence-corrected chi connectivity index (χ3v) is 4.08. The van der Waals surface area contributed by atoms with Gasteiger partial charge in [0, 0.05) is 5.56 Å². The van der Waals surface area contributed by atoms with E-state index in [9.17, 15) is 4.79 Å². The number of nitrogens with one attached hydrogen (secondary N) is 1. The average molecular weight is 356 g/mol. The molecule has 1 amide bonds. The van der Waals surface area contributed by atoms with Crippen molar-refractivity contribution in [3.63, 3.8) is 0 Å². The van der Waals surface area contributed by atoms with Crippen molar-refractivity contribution < 1.29 is 14.3 Å². The van der Waals surface area contributed by atoms with Gasteiger partial charge >= 0.3 is 0 Å². The molecule has 0 atom stereocenters. The summed E-state index contributed by atoms with van der Waals surface area (Å²) in [5, 5.41) is 11.4. The zero-order valence-electron chi connectivity index (χ0n) is 13.0. The van der Waals surface area contributed by atoms with Gasteiger partial charge in [0.15, 0.2) is 16.7 Å². The number of benzene rings is 1. The number of methoxy groups -OCH3 is 1. The number of carbonyl (C=O) groups is 1. The number of thioether (sulfide) groups is 1. The molecule has 1 fully saturated rings. The second-order valence-corrected chi connectivity index (χ2v) is 6.09. The van der Waals surface area contributed by atoms with Gasteiger partial charge < -0.3 is 14.8 Å². The first-order chi connectivity index (χ1) is 11.1. The van der Waals surface area contributed by atoms with Crippen LogP contribution in [0.2, 0.25) is 5.02 Å². The fourth-order valence-corrected chi connectivity index (χ4v) is 2.70. The van der Waals surface area contributed by atoms with E-state index >= 15 is 0 Å². The molecule has 1 N–H and O–H groups in total. The van der Waals surface area contributed by atoms with Gasteiger partial charge in [0.25, 0.3) is 0 Å². The third kappa shape index (κ3) is 5.14. The Kier molecular flexibility index (Phi) is 6.73. The van der Waals surface area contributed by atoms with E-state index in [2.05, 4.69) is 22.4 Å². The van der Waals surface area contributed by atoms with E-state index in [1.54, 1.807) is 25.5 Å². The van der Waals surface area contributed by atoms with Crippen LogP contribution in [0.25, 0.3) is 0 Å². The van der Waals surface area contributed by atoms with Crippen LogP contribution in [0.5, 0.6) is 11.5 Å². The molecule has 8 heteroatoms. The van der Waals surface area contributed by atoms with Crippen molar-refractivity contribution in [2.75, 3.05) is 19.5 Å². The number of halogens is 1. The van der Waals surface area contributed by atoms with Crippen LogP contribution >= 0.6 is 23.4 Å². The van der Waals surface area contributed by atoms with Crippen LogP contribution in [-0.2, 0) is 4.79 Å². The van der Waals surface area contributed by atoms with E-state index in [1.807, 2.05) is 0 Å². The maximum absolute atomic E-state index is 11.0. The maximum atomic E-state index is 11.0. The normalized spacial score (nSPS) is 16.1. The van der Waals surface area contributed by atoms with Crippen molar-refractivity contribution in [3.05, 3.63) is 22.7 Å². The second-order valence-electron chi connectivity index (χ2n) is 4.72. The molecule has 1 heterocycles. The van der Waals surface area contributed by atoms with E-state index in [0.717, 1.165) is 18.4 Å². The van der Waals surface area contributed by atoms with Gasteiger partial charge in [-0.05, 0) is 18.6 Å². The van der Waals surface area contributed by atoms with Crippen molar-refractivity contribution in [2.45, 2.75) is 19.8 Å². The van der Waals surface area contributed by atoms with Crippen LogP contribution in [0.3, 0.4) is 0 Å². The predicted molar refractivity (Wildman–Crippen MR) is 94.0 cm³/mol. The number of hydrogen-bond acceptors (Lipinski definition) is 6. The number of amidine groups is 1. The lowest BCUT2D eigenvalue weighted by Crippen LogP contribution is -2.19. The minimum atomic E-state index is -0.0674. The summed E-state index contributed by atoms with van der Waals surface area (Å²) in [5.74, 6) is 1.39. The highest BCUT2D eigenvalue weighted by Gasteiger charge is 2.16. The molecule has 1 aromatic rings. The summed E-state index contributed by atoms with van der Waals surface area (Å²) in [4.78, 5) is 11.0. The Morgan fingerprint density at radius 1 is 1.48 bits per heavy atom. The van der Waals surface area contributed by atoms with Crippen molar-refractivity contribution in [2.24, 2.45) is 10.2 Å². The smallest absolute Gasteiger partial charge is 0.236 e. The molecule has 0 unspecified atom stereocenters. The van der Waals surface area contributed by atoms with Gasteiger partial charge in [0.2, 0.25) is 5.91 Å². The molecule has 0 radical (unpaired) electrons. The lowest BCUT2D eigenvalue weighted by atomic mass is 10.2. The highest BCUT2D eigenvalue weighted by molar-refractivity contribution is 8.15. The molecule has 23 heavy (non-hydrogen) atoms. The lowest BCUT2D eigenvalue weighted by Gasteiger charge is -2.12. The second kappa shape index (κ2) is 8.79. The SMILES string of the molecule is CCCCOc1c(Cl)cc(C=NN=C2NC(=O)CS2)cc1OC. The molecule has 1 saturated heterocycles. The molecule has 2 rings (SSSR count).